The van der Waals surface area contributed by atoms with E-state index in [0.29, 0.717) is 0 Å². The largest absolute Gasteiger partial charge is 0.457 e. The zero-order valence-corrected chi connectivity index (χ0v) is 12.5. The lowest BCUT2D eigenvalue weighted by Crippen LogP contribution is -1.83. The number of hydrogen-bond acceptors (Lipinski definition) is 1. The van der Waals surface area contributed by atoms with E-state index in [1.165, 1.54) is 11.1 Å². The summed E-state index contributed by atoms with van der Waals surface area (Å²) in [5.41, 5.74) is 2.53. The first-order valence-electron chi connectivity index (χ1n) is 7.05. The van der Waals surface area contributed by atoms with Gasteiger partial charge in [-0.15, -0.1) is 0 Å². The maximum absolute atomic E-state index is 5.66. The highest BCUT2D eigenvalue weighted by atomic mass is 16.5. The van der Waals surface area contributed by atoms with Crippen LogP contribution in [0.25, 0.3) is 0 Å². The number of rotatable bonds is 2. The van der Waals surface area contributed by atoms with Crippen LogP contribution in [0.15, 0.2) is 84.9 Å². The molecule has 106 valence electrons. The summed E-state index contributed by atoms with van der Waals surface area (Å²) < 4.78 is 5.66. The summed E-state index contributed by atoms with van der Waals surface area (Å²) in [5.74, 6) is 1.76. The van der Waals surface area contributed by atoms with Crippen LogP contribution in [0.1, 0.15) is 11.1 Å². The van der Waals surface area contributed by atoms with Gasteiger partial charge in [-0.25, -0.2) is 0 Å². The number of hydrogen-bond donors (Lipinski definition) is 0. The number of aryl methyl sites for hydroxylation is 2. The third-order valence-corrected chi connectivity index (χ3v) is 2.91. The lowest BCUT2D eigenvalue weighted by atomic mass is 10.2. The highest BCUT2D eigenvalue weighted by molar-refractivity contribution is 5.33. The molecule has 3 aromatic carbocycles. The molecule has 0 bridgehead atoms. The summed E-state index contributed by atoms with van der Waals surface area (Å²) in [7, 11) is 0. The van der Waals surface area contributed by atoms with E-state index < -0.39 is 0 Å². The van der Waals surface area contributed by atoms with Crippen LogP contribution in [0.5, 0.6) is 11.5 Å². The molecule has 1 nitrogen and oxygen atoms in total. The summed E-state index contributed by atoms with van der Waals surface area (Å²) in [6.07, 6.45) is 0. The lowest BCUT2D eigenvalue weighted by Gasteiger charge is -2.05. The lowest BCUT2D eigenvalue weighted by molar-refractivity contribution is 0.482. The molecule has 21 heavy (non-hydrogen) atoms. The van der Waals surface area contributed by atoms with Gasteiger partial charge in [0.15, 0.2) is 0 Å². The van der Waals surface area contributed by atoms with Crippen molar-refractivity contribution in [3.05, 3.63) is 96.1 Å². The molecule has 0 unspecified atom stereocenters. The van der Waals surface area contributed by atoms with Gasteiger partial charge in [0.1, 0.15) is 11.5 Å². The quantitative estimate of drug-likeness (QED) is 0.576. The highest BCUT2D eigenvalue weighted by Crippen LogP contribution is 2.21. The van der Waals surface area contributed by atoms with Crippen LogP contribution < -0.4 is 4.74 Å². The Labute approximate surface area is 126 Å². The Balaban J connectivity index is 0.000000194. The zero-order chi connectivity index (χ0) is 14.9. The average Bonchev–Trinajstić information content (AvgIpc) is 2.50. The molecule has 0 aromatic heterocycles. The molecule has 3 aromatic rings. The van der Waals surface area contributed by atoms with Gasteiger partial charge in [0.2, 0.25) is 0 Å². The molecular weight excluding hydrogens is 256 g/mol. The third-order valence-electron chi connectivity index (χ3n) is 2.91. The van der Waals surface area contributed by atoms with Gasteiger partial charge in [-0.05, 0) is 43.7 Å². The molecule has 0 N–H and O–H groups in total. The van der Waals surface area contributed by atoms with E-state index in [4.69, 9.17) is 4.74 Å². The Morgan fingerprint density at radius 2 is 1.05 bits per heavy atom. The van der Waals surface area contributed by atoms with Crippen LogP contribution in [-0.4, -0.2) is 0 Å². The number of para-hydroxylation sites is 1. The van der Waals surface area contributed by atoms with E-state index in [-0.39, 0.29) is 0 Å². The second-order valence-electron chi connectivity index (χ2n) is 4.89. The summed E-state index contributed by atoms with van der Waals surface area (Å²) in [4.78, 5) is 0. The Kier molecular flexibility index (Phi) is 5.60. The van der Waals surface area contributed by atoms with Crippen molar-refractivity contribution in [3.63, 3.8) is 0 Å². The molecule has 0 atom stereocenters. The summed E-state index contributed by atoms with van der Waals surface area (Å²) in [6.45, 7) is 4.14. The molecule has 0 saturated carbocycles. The molecule has 0 heterocycles. The van der Waals surface area contributed by atoms with Crippen molar-refractivity contribution in [1.82, 2.24) is 0 Å². The minimum atomic E-state index is 0.873. The Morgan fingerprint density at radius 1 is 0.524 bits per heavy atom. The molecule has 0 radical (unpaired) electrons. The Hall–Kier alpha value is -2.54. The number of ether oxygens (including phenoxy) is 1. The zero-order valence-electron chi connectivity index (χ0n) is 12.5. The van der Waals surface area contributed by atoms with Gasteiger partial charge < -0.3 is 4.74 Å². The highest BCUT2D eigenvalue weighted by Gasteiger charge is 1.95. The van der Waals surface area contributed by atoms with Crippen LogP contribution in [-0.2, 0) is 0 Å². The van der Waals surface area contributed by atoms with Crippen molar-refractivity contribution in [3.8, 4) is 11.5 Å². The molecule has 1 heteroatoms. The molecule has 0 aliphatic rings. The molecular formula is C20H20O. The van der Waals surface area contributed by atoms with Crippen LogP contribution in [0.3, 0.4) is 0 Å². The van der Waals surface area contributed by atoms with Crippen molar-refractivity contribution in [1.29, 1.82) is 0 Å². The third kappa shape index (κ3) is 5.53. The summed E-state index contributed by atoms with van der Waals surface area (Å²) in [6, 6.07) is 28.1. The van der Waals surface area contributed by atoms with Crippen LogP contribution in [0, 0.1) is 13.8 Å². The van der Waals surface area contributed by atoms with Gasteiger partial charge in [0, 0.05) is 0 Å². The smallest absolute Gasteiger partial charge is 0.127 e. The van der Waals surface area contributed by atoms with Gasteiger partial charge >= 0.3 is 0 Å². The van der Waals surface area contributed by atoms with E-state index in [9.17, 15) is 0 Å². The van der Waals surface area contributed by atoms with Crippen molar-refractivity contribution in [2.24, 2.45) is 0 Å². The van der Waals surface area contributed by atoms with Crippen molar-refractivity contribution in [2.45, 2.75) is 13.8 Å². The van der Waals surface area contributed by atoms with Crippen molar-refractivity contribution >= 4 is 0 Å². The second kappa shape index (κ2) is 7.91. The van der Waals surface area contributed by atoms with Gasteiger partial charge in [-0.2, -0.15) is 0 Å². The van der Waals surface area contributed by atoms with E-state index in [0.717, 1.165) is 11.5 Å². The van der Waals surface area contributed by atoms with Gasteiger partial charge in [-0.1, -0.05) is 66.2 Å². The van der Waals surface area contributed by atoms with Crippen LogP contribution in [0.4, 0.5) is 0 Å². The van der Waals surface area contributed by atoms with Gasteiger partial charge in [0.05, 0.1) is 0 Å². The first-order valence-corrected chi connectivity index (χ1v) is 7.05. The SMILES string of the molecule is Cc1cccc(Oc2ccccc2)c1.Cc1ccccc1. The summed E-state index contributed by atoms with van der Waals surface area (Å²) >= 11 is 0. The van der Waals surface area contributed by atoms with E-state index >= 15 is 0 Å². The van der Waals surface area contributed by atoms with E-state index in [1.807, 2.05) is 66.7 Å². The van der Waals surface area contributed by atoms with Crippen molar-refractivity contribution in [2.75, 3.05) is 0 Å². The second-order valence-corrected chi connectivity index (χ2v) is 4.89. The van der Waals surface area contributed by atoms with E-state index in [1.54, 1.807) is 0 Å². The topological polar surface area (TPSA) is 9.23 Å². The van der Waals surface area contributed by atoms with E-state index in [2.05, 4.69) is 32.0 Å². The molecule has 0 fully saturated rings. The Morgan fingerprint density at radius 3 is 1.57 bits per heavy atom. The minimum Gasteiger partial charge on any atom is -0.457 e. The molecule has 0 spiro atoms. The minimum absolute atomic E-state index is 0.873. The first kappa shape index (κ1) is 14.9. The molecule has 0 saturated heterocycles. The maximum atomic E-state index is 5.66. The average molecular weight is 276 g/mol. The summed E-state index contributed by atoms with van der Waals surface area (Å²) in [5, 5.41) is 0. The molecule has 0 amide bonds. The van der Waals surface area contributed by atoms with Gasteiger partial charge in [0.25, 0.3) is 0 Å². The van der Waals surface area contributed by atoms with Crippen molar-refractivity contribution < 1.29 is 4.74 Å². The molecule has 0 aliphatic carbocycles. The predicted octanol–water partition coefficient (Wildman–Crippen LogP) is 5.78. The molecule has 0 aliphatic heterocycles. The fourth-order valence-electron chi connectivity index (χ4n) is 1.84. The molecule has 3 rings (SSSR count). The predicted molar refractivity (Wildman–Crippen MR) is 88.9 cm³/mol. The van der Waals surface area contributed by atoms with Gasteiger partial charge in [-0.3, -0.25) is 0 Å². The first-order chi connectivity index (χ1) is 10.2. The maximum Gasteiger partial charge on any atom is 0.127 e. The normalized spacial score (nSPS) is 9.43. The number of benzene rings is 3. The monoisotopic (exact) mass is 276 g/mol. The van der Waals surface area contributed by atoms with Crippen LogP contribution in [0.2, 0.25) is 0 Å². The standard InChI is InChI=1S/C13H12O.C7H8/c1-11-6-5-9-13(10-11)14-12-7-3-2-4-8-12;1-7-5-3-2-4-6-7/h2-10H,1H3;2-6H,1H3. The fourth-order valence-corrected chi connectivity index (χ4v) is 1.84. The Bertz CT molecular complexity index is 645. The van der Waals surface area contributed by atoms with Crippen LogP contribution >= 0.6 is 0 Å². The fraction of sp³-hybridized carbons (Fsp3) is 0.100.